The van der Waals surface area contributed by atoms with Gasteiger partial charge in [-0.3, -0.25) is 0 Å². The summed E-state index contributed by atoms with van der Waals surface area (Å²) >= 11 is 0. The number of alkyl halides is 3. The van der Waals surface area contributed by atoms with Gasteiger partial charge in [0.1, 0.15) is 5.82 Å². The maximum Gasteiger partial charge on any atom is 0.417 e. The zero-order chi connectivity index (χ0) is 19.2. The molecule has 1 heterocycles. The predicted octanol–water partition coefficient (Wildman–Crippen LogP) is 2.75. The molecule has 26 heavy (non-hydrogen) atoms. The smallest absolute Gasteiger partial charge is 0.370 e. The molecule has 0 bridgehead atoms. The molecule has 10 heteroatoms. The van der Waals surface area contributed by atoms with Crippen molar-refractivity contribution in [2.24, 2.45) is 0 Å². The highest BCUT2D eigenvalue weighted by Gasteiger charge is 2.30. The van der Waals surface area contributed by atoms with Gasteiger partial charge in [-0.25, -0.2) is 18.1 Å². The zero-order valence-electron chi connectivity index (χ0n) is 13.4. The van der Waals surface area contributed by atoms with E-state index in [0.717, 1.165) is 12.3 Å². The second-order valence-corrected chi connectivity index (χ2v) is 7.01. The van der Waals surface area contributed by atoms with Gasteiger partial charge in [0, 0.05) is 19.3 Å². The maximum atomic E-state index is 12.4. The van der Waals surface area contributed by atoms with Crippen LogP contribution in [0.15, 0.2) is 47.5 Å². The molecule has 0 amide bonds. The normalized spacial score (nSPS) is 11.8. The number of hydrogen-bond acceptors (Lipinski definition) is 5. The molecule has 138 valence electrons. The van der Waals surface area contributed by atoms with Gasteiger partial charge in [0.25, 0.3) is 0 Å². The Bertz CT molecular complexity index is 874. The monoisotopic (exact) mass is 384 g/mol. The van der Waals surface area contributed by atoms with Gasteiger partial charge in [0.2, 0.25) is 10.0 Å². The van der Waals surface area contributed by atoms with Crippen molar-refractivity contribution in [2.45, 2.75) is 17.5 Å². The first-order valence-corrected chi connectivity index (χ1v) is 8.97. The Morgan fingerprint density at radius 2 is 1.77 bits per heavy atom. The number of hydrogen-bond donors (Lipinski definition) is 2. The van der Waals surface area contributed by atoms with E-state index in [9.17, 15) is 21.6 Å². The number of anilines is 1. The van der Waals surface area contributed by atoms with Crippen molar-refractivity contribution in [3.8, 4) is 6.07 Å². The highest BCUT2D eigenvalue weighted by Crippen LogP contribution is 2.28. The van der Waals surface area contributed by atoms with Gasteiger partial charge in [0.15, 0.2) is 0 Å². The van der Waals surface area contributed by atoms with Crippen LogP contribution >= 0.6 is 0 Å². The lowest BCUT2D eigenvalue weighted by molar-refractivity contribution is -0.137. The molecule has 0 atom stereocenters. The van der Waals surface area contributed by atoms with Crippen LogP contribution in [0.1, 0.15) is 17.5 Å². The van der Waals surface area contributed by atoms with Crippen LogP contribution in [-0.2, 0) is 16.2 Å². The van der Waals surface area contributed by atoms with Gasteiger partial charge in [-0.05, 0) is 42.8 Å². The standard InChI is InChI=1S/C16H15F3N4O2S/c17-16(18,19)13-4-7-15(22-11-13)21-8-1-9-23-26(24,25)14-5-2-12(10-20)3-6-14/h2-7,11,23H,1,8-9H2,(H,21,22). The number of nitrogens with zero attached hydrogens (tertiary/aromatic N) is 2. The van der Waals surface area contributed by atoms with Crippen LogP contribution in [0.25, 0.3) is 0 Å². The minimum absolute atomic E-state index is 0.0499. The average molecular weight is 384 g/mol. The second kappa shape index (κ2) is 8.16. The van der Waals surface area contributed by atoms with Crippen molar-refractivity contribution in [2.75, 3.05) is 18.4 Å². The van der Waals surface area contributed by atoms with Crippen molar-refractivity contribution in [1.82, 2.24) is 9.71 Å². The molecule has 2 rings (SSSR count). The molecule has 0 aliphatic carbocycles. The van der Waals surface area contributed by atoms with Crippen LogP contribution in [0.3, 0.4) is 0 Å². The van der Waals surface area contributed by atoms with Crippen LogP contribution in [0.5, 0.6) is 0 Å². The molecule has 0 aliphatic heterocycles. The van der Waals surface area contributed by atoms with Gasteiger partial charge < -0.3 is 5.32 Å². The zero-order valence-corrected chi connectivity index (χ0v) is 14.2. The average Bonchev–Trinajstić information content (AvgIpc) is 2.61. The molecule has 0 aliphatic rings. The minimum Gasteiger partial charge on any atom is -0.370 e. The summed E-state index contributed by atoms with van der Waals surface area (Å²) in [6, 6.07) is 9.53. The van der Waals surface area contributed by atoms with Crippen LogP contribution in [0, 0.1) is 11.3 Å². The van der Waals surface area contributed by atoms with Crippen molar-refractivity contribution in [3.05, 3.63) is 53.7 Å². The summed E-state index contributed by atoms with van der Waals surface area (Å²) in [6.45, 7) is 0.463. The van der Waals surface area contributed by atoms with Gasteiger partial charge >= 0.3 is 6.18 Å². The second-order valence-electron chi connectivity index (χ2n) is 5.24. The lowest BCUT2D eigenvalue weighted by atomic mass is 10.2. The third-order valence-electron chi connectivity index (χ3n) is 3.34. The van der Waals surface area contributed by atoms with E-state index in [1.165, 1.54) is 30.3 Å². The number of benzene rings is 1. The summed E-state index contributed by atoms with van der Waals surface area (Å²) < 4.78 is 63.8. The van der Waals surface area contributed by atoms with E-state index in [1.54, 1.807) is 0 Å². The molecular formula is C16H15F3N4O2S. The van der Waals surface area contributed by atoms with E-state index in [2.05, 4.69) is 15.0 Å². The number of nitriles is 1. The number of pyridine rings is 1. The Balaban J connectivity index is 1.78. The number of sulfonamides is 1. The van der Waals surface area contributed by atoms with Gasteiger partial charge in [-0.15, -0.1) is 0 Å². The highest BCUT2D eigenvalue weighted by molar-refractivity contribution is 7.89. The predicted molar refractivity (Wildman–Crippen MR) is 88.7 cm³/mol. The van der Waals surface area contributed by atoms with Crippen molar-refractivity contribution >= 4 is 15.8 Å². The van der Waals surface area contributed by atoms with Crippen LogP contribution in [0.2, 0.25) is 0 Å². The minimum atomic E-state index is -4.44. The van der Waals surface area contributed by atoms with E-state index in [1.807, 2.05) is 6.07 Å². The Hall–Kier alpha value is -2.64. The maximum absolute atomic E-state index is 12.4. The molecule has 1 aromatic heterocycles. The molecule has 0 unspecified atom stereocenters. The summed E-state index contributed by atoms with van der Waals surface area (Å²) in [5.41, 5.74) is -0.476. The largest absolute Gasteiger partial charge is 0.417 e. The van der Waals surface area contributed by atoms with Crippen LogP contribution < -0.4 is 10.0 Å². The number of halogens is 3. The van der Waals surface area contributed by atoms with E-state index in [0.29, 0.717) is 18.5 Å². The molecule has 6 nitrogen and oxygen atoms in total. The summed E-state index contributed by atoms with van der Waals surface area (Å²) in [6.07, 6.45) is -3.30. The summed E-state index contributed by atoms with van der Waals surface area (Å²) in [4.78, 5) is 3.71. The molecule has 2 N–H and O–H groups in total. The number of rotatable bonds is 7. The quantitative estimate of drug-likeness (QED) is 0.716. The van der Waals surface area contributed by atoms with Gasteiger partial charge in [-0.1, -0.05) is 0 Å². The lowest BCUT2D eigenvalue weighted by Crippen LogP contribution is -2.26. The van der Waals surface area contributed by atoms with Crippen LogP contribution in [0.4, 0.5) is 19.0 Å². The molecule has 0 fully saturated rings. The first-order chi connectivity index (χ1) is 12.2. The third-order valence-corrected chi connectivity index (χ3v) is 4.81. The van der Waals surface area contributed by atoms with E-state index < -0.39 is 21.8 Å². The SMILES string of the molecule is N#Cc1ccc(S(=O)(=O)NCCCNc2ccc(C(F)(F)F)cn2)cc1. The van der Waals surface area contributed by atoms with Crippen molar-refractivity contribution in [3.63, 3.8) is 0 Å². The summed E-state index contributed by atoms with van der Waals surface area (Å²) in [7, 11) is -3.68. The third kappa shape index (κ3) is 5.44. The Kier molecular flexibility index (Phi) is 6.18. The first kappa shape index (κ1) is 19.7. The van der Waals surface area contributed by atoms with Gasteiger partial charge in [0.05, 0.1) is 22.1 Å². The summed E-state index contributed by atoms with van der Waals surface area (Å²) in [5.74, 6) is 0.271. The fourth-order valence-corrected chi connectivity index (χ4v) is 3.04. The van der Waals surface area contributed by atoms with E-state index >= 15 is 0 Å². The molecule has 1 aromatic carbocycles. The van der Waals surface area contributed by atoms with Crippen molar-refractivity contribution in [1.29, 1.82) is 5.26 Å². The van der Waals surface area contributed by atoms with Gasteiger partial charge in [-0.2, -0.15) is 18.4 Å². The molecule has 2 aromatic rings. The van der Waals surface area contributed by atoms with E-state index in [4.69, 9.17) is 5.26 Å². The fourth-order valence-electron chi connectivity index (χ4n) is 1.97. The summed E-state index contributed by atoms with van der Waals surface area (Å²) in [5, 5.41) is 11.5. The molecule has 0 saturated heterocycles. The highest BCUT2D eigenvalue weighted by atomic mass is 32.2. The first-order valence-electron chi connectivity index (χ1n) is 7.49. The van der Waals surface area contributed by atoms with Crippen molar-refractivity contribution < 1.29 is 21.6 Å². The number of aromatic nitrogens is 1. The van der Waals surface area contributed by atoms with Crippen LogP contribution in [-0.4, -0.2) is 26.5 Å². The lowest BCUT2D eigenvalue weighted by Gasteiger charge is -2.09. The number of nitrogens with one attached hydrogen (secondary N) is 2. The molecule has 0 saturated carbocycles. The Labute approximate surface area is 148 Å². The molecule has 0 spiro atoms. The molecule has 0 radical (unpaired) electrons. The van der Waals surface area contributed by atoms with E-state index in [-0.39, 0.29) is 17.3 Å². The topological polar surface area (TPSA) is 94.9 Å². The Morgan fingerprint density at radius 3 is 2.31 bits per heavy atom. The Morgan fingerprint density at radius 1 is 1.08 bits per heavy atom. The fraction of sp³-hybridized carbons (Fsp3) is 0.250. The molecular weight excluding hydrogens is 369 g/mol.